The SMILES string of the molecule is CC(C)O.CCCCN(C)CC. The number of hydrogen-bond acceptors (Lipinski definition) is 2. The molecule has 0 saturated heterocycles. The molecule has 0 aliphatic carbocycles. The number of hydrogen-bond donors (Lipinski definition) is 1. The molecule has 0 heterocycles. The summed E-state index contributed by atoms with van der Waals surface area (Å²) >= 11 is 0. The lowest BCUT2D eigenvalue weighted by molar-refractivity contribution is 0.216. The average Bonchev–Trinajstić information content (AvgIpc) is 1.99. The first kappa shape index (κ1) is 14.4. The Hall–Kier alpha value is -0.0800. The molecule has 0 amide bonds. The van der Waals surface area contributed by atoms with E-state index in [9.17, 15) is 0 Å². The van der Waals surface area contributed by atoms with Crippen LogP contribution < -0.4 is 0 Å². The second-order valence-electron chi connectivity index (χ2n) is 3.34. The van der Waals surface area contributed by atoms with Gasteiger partial charge in [0.15, 0.2) is 0 Å². The van der Waals surface area contributed by atoms with Crippen molar-refractivity contribution < 1.29 is 5.11 Å². The summed E-state index contributed by atoms with van der Waals surface area (Å²) in [4.78, 5) is 2.34. The van der Waals surface area contributed by atoms with Crippen LogP contribution in [-0.4, -0.2) is 36.2 Å². The number of aliphatic hydroxyl groups excluding tert-OH is 1. The van der Waals surface area contributed by atoms with Crippen LogP contribution in [0.5, 0.6) is 0 Å². The van der Waals surface area contributed by atoms with Gasteiger partial charge in [-0.15, -0.1) is 0 Å². The molecule has 0 unspecified atom stereocenters. The van der Waals surface area contributed by atoms with Gasteiger partial charge in [-0.1, -0.05) is 20.3 Å². The zero-order chi connectivity index (χ0) is 9.98. The molecule has 0 aromatic heterocycles. The summed E-state index contributed by atoms with van der Waals surface area (Å²) in [7, 11) is 2.16. The zero-order valence-electron chi connectivity index (χ0n) is 9.30. The third-order valence-corrected chi connectivity index (χ3v) is 1.43. The molecule has 0 bridgehead atoms. The minimum atomic E-state index is -0.167. The molecule has 2 heteroatoms. The Kier molecular flexibility index (Phi) is 13.1. The lowest BCUT2D eigenvalue weighted by atomic mass is 10.3. The van der Waals surface area contributed by atoms with Gasteiger partial charge in [-0.3, -0.25) is 0 Å². The largest absolute Gasteiger partial charge is 0.394 e. The van der Waals surface area contributed by atoms with E-state index < -0.39 is 0 Å². The van der Waals surface area contributed by atoms with Crippen LogP contribution in [-0.2, 0) is 0 Å². The van der Waals surface area contributed by atoms with E-state index >= 15 is 0 Å². The highest BCUT2D eigenvalue weighted by molar-refractivity contribution is 4.44. The van der Waals surface area contributed by atoms with E-state index in [2.05, 4.69) is 25.8 Å². The summed E-state index contributed by atoms with van der Waals surface area (Å²) in [5.74, 6) is 0. The number of rotatable bonds is 4. The van der Waals surface area contributed by atoms with Gasteiger partial charge in [0, 0.05) is 6.10 Å². The van der Waals surface area contributed by atoms with Crippen molar-refractivity contribution >= 4 is 0 Å². The molecule has 0 fully saturated rings. The Labute approximate surface area is 77.6 Å². The predicted octanol–water partition coefficient (Wildman–Crippen LogP) is 2.13. The van der Waals surface area contributed by atoms with Crippen molar-refractivity contribution in [2.45, 2.75) is 46.6 Å². The number of aliphatic hydroxyl groups is 1. The van der Waals surface area contributed by atoms with Crippen molar-refractivity contribution in [2.24, 2.45) is 0 Å². The highest BCUT2D eigenvalue weighted by atomic mass is 16.3. The average molecular weight is 175 g/mol. The molecule has 0 aliphatic heterocycles. The number of unbranched alkanes of at least 4 members (excludes halogenated alkanes) is 1. The monoisotopic (exact) mass is 175 g/mol. The van der Waals surface area contributed by atoms with Gasteiger partial charge in [0.05, 0.1) is 0 Å². The van der Waals surface area contributed by atoms with Crippen LogP contribution in [0.15, 0.2) is 0 Å². The van der Waals surface area contributed by atoms with E-state index in [1.165, 1.54) is 25.9 Å². The van der Waals surface area contributed by atoms with Gasteiger partial charge in [-0.05, 0) is 40.4 Å². The Morgan fingerprint density at radius 2 is 1.67 bits per heavy atom. The lowest BCUT2D eigenvalue weighted by Crippen LogP contribution is -2.18. The predicted molar refractivity (Wildman–Crippen MR) is 55.4 cm³/mol. The fraction of sp³-hybridized carbons (Fsp3) is 1.00. The van der Waals surface area contributed by atoms with Crippen molar-refractivity contribution in [2.75, 3.05) is 20.1 Å². The minimum absolute atomic E-state index is 0.167. The summed E-state index contributed by atoms with van der Waals surface area (Å²) in [5.41, 5.74) is 0. The van der Waals surface area contributed by atoms with Crippen LogP contribution in [0.4, 0.5) is 0 Å². The second kappa shape index (κ2) is 10.9. The topological polar surface area (TPSA) is 23.5 Å². The van der Waals surface area contributed by atoms with Crippen LogP contribution in [0.3, 0.4) is 0 Å². The molecule has 0 atom stereocenters. The third kappa shape index (κ3) is 22.5. The van der Waals surface area contributed by atoms with Crippen LogP contribution in [0.1, 0.15) is 40.5 Å². The van der Waals surface area contributed by atoms with Crippen molar-refractivity contribution in [3.63, 3.8) is 0 Å². The summed E-state index contributed by atoms with van der Waals surface area (Å²) in [6.45, 7) is 10.3. The maximum atomic E-state index is 8.06. The Bertz CT molecular complexity index is 71.5. The highest BCUT2D eigenvalue weighted by Gasteiger charge is 1.89. The van der Waals surface area contributed by atoms with Crippen LogP contribution >= 0.6 is 0 Å². The number of nitrogens with zero attached hydrogens (tertiary/aromatic N) is 1. The van der Waals surface area contributed by atoms with Crippen LogP contribution in [0, 0.1) is 0 Å². The van der Waals surface area contributed by atoms with Gasteiger partial charge < -0.3 is 10.0 Å². The van der Waals surface area contributed by atoms with E-state index in [0.717, 1.165) is 0 Å². The molecule has 12 heavy (non-hydrogen) atoms. The maximum Gasteiger partial charge on any atom is 0.0483 e. The summed E-state index contributed by atoms with van der Waals surface area (Å²) in [6.07, 6.45) is 2.48. The molecule has 0 saturated carbocycles. The molecule has 76 valence electrons. The molecule has 0 aromatic rings. The molecule has 2 nitrogen and oxygen atoms in total. The standard InChI is InChI=1S/C7H17N.C3H8O/c1-4-6-7-8(3)5-2;1-3(2)4/h4-7H2,1-3H3;3-4H,1-2H3. The summed E-state index contributed by atoms with van der Waals surface area (Å²) < 4.78 is 0. The second-order valence-corrected chi connectivity index (χ2v) is 3.34. The van der Waals surface area contributed by atoms with Crippen LogP contribution in [0.25, 0.3) is 0 Å². The van der Waals surface area contributed by atoms with Crippen molar-refractivity contribution in [3.8, 4) is 0 Å². The Balaban J connectivity index is 0. The molecule has 0 spiro atoms. The van der Waals surface area contributed by atoms with E-state index in [0.29, 0.717) is 0 Å². The van der Waals surface area contributed by atoms with Gasteiger partial charge in [-0.2, -0.15) is 0 Å². The minimum Gasteiger partial charge on any atom is -0.394 e. The summed E-state index contributed by atoms with van der Waals surface area (Å²) in [5, 5.41) is 8.06. The fourth-order valence-corrected chi connectivity index (χ4v) is 0.586. The van der Waals surface area contributed by atoms with E-state index in [1.54, 1.807) is 13.8 Å². The van der Waals surface area contributed by atoms with E-state index in [1.807, 2.05) is 0 Å². The van der Waals surface area contributed by atoms with Gasteiger partial charge in [0.25, 0.3) is 0 Å². The zero-order valence-corrected chi connectivity index (χ0v) is 9.30. The fourth-order valence-electron chi connectivity index (χ4n) is 0.586. The Morgan fingerprint density at radius 3 is 1.92 bits per heavy atom. The highest BCUT2D eigenvalue weighted by Crippen LogP contribution is 1.89. The van der Waals surface area contributed by atoms with E-state index in [4.69, 9.17) is 5.11 Å². The first-order chi connectivity index (χ1) is 5.54. The van der Waals surface area contributed by atoms with Crippen LogP contribution in [0.2, 0.25) is 0 Å². The smallest absolute Gasteiger partial charge is 0.0483 e. The molecule has 1 N–H and O–H groups in total. The first-order valence-electron chi connectivity index (χ1n) is 4.91. The first-order valence-corrected chi connectivity index (χ1v) is 4.91. The lowest BCUT2D eigenvalue weighted by Gasteiger charge is -2.11. The normalized spacial score (nSPS) is 10.0. The molecular formula is C10H25NO. The van der Waals surface area contributed by atoms with E-state index in [-0.39, 0.29) is 6.10 Å². The van der Waals surface area contributed by atoms with Crippen molar-refractivity contribution in [3.05, 3.63) is 0 Å². The quantitative estimate of drug-likeness (QED) is 0.707. The molecule has 0 aromatic carbocycles. The maximum absolute atomic E-state index is 8.06. The van der Waals surface area contributed by atoms with Crippen molar-refractivity contribution in [1.82, 2.24) is 4.90 Å². The Morgan fingerprint density at radius 1 is 1.25 bits per heavy atom. The molecular weight excluding hydrogens is 150 g/mol. The molecule has 0 radical (unpaired) electrons. The third-order valence-electron chi connectivity index (χ3n) is 1.43. The van der Waals surface area contributed by atoms with Crippen molar-refractivity contribution in [1.29, 1.82) is 0 Å². The van der Waals surface area contributed by atoms with Gasteiger partial charge in [0.1, 0.15) is 0 Å². The van der Waals surface area contributed by atoms with Gasteiger partial charge >= 0.3 is 0 Å². The molecule has 0 aliphatic rings. The molecule has 0 rings (SSSR count). The summed E-state index contributed by atoms with van der Waals surface area (Å²) in [6, 6.07) is 0. The van der Waals surface area contributed by atoms with Gasteiger partial charge in [0.2, 0.25) is 0 Å². The van der Waals surface area contributed by atoms with Gasteiger partial charge in [-0.25, -0.2) is 0 Å².